The van der Waals surface area contributed by atoms with E-state index in [0.717, 1.165) is 10.8 Å². The molecule has 1 atom stereocenters. The van der Waals surface area contributed by atoms with Gasteiger partial charge in [-0.3, -0.25) is 4.79 Å². The average molecular weight is 291 g/mol. The van der Waals surface area contributed by atoms with E-state index in [-0.39, 0.29) is 12.0 Å². The molecule has 6 heteroatoms. The molecule has 2 aromatic rings. The van der Waals surface area contributed by atoms with E-state index in [9.17, 15) is 4.79 Å². The van der Waals surface area contributed by atoms with Crippen LogP contribution in [-0.2, 0) is 6.54 Å². The quantitative estimate of drug-likeness (QED) is 0.851. The second-order valence-corrected chi connectivity index (χ2v) is 5.22. The van der Waals surface area contributed by atoms with Crippen LogP contribution in [0.2, 0.25) is 0 Å². The van der Waals surface area contributed by atoms with Gasteiger partial charge in [0.15, 0.2) is 0 Å². The standard InChI is InChI=1S/C14H17N3O2S/c1-10(19-11-5-3-2-4-6-11)8-16-14(18)12-9-20-13(7-15)17-12/h2-6,9-10H,7-8,15H2,1H3,(H,16,18). The summed E-state index contributed by atoms with van der Waals surface area (Å²) < 4.78 is 5.67. The van der Waals surface area contributed by atoms with Crippen LogP contribution in [0.5, 0.6) is 5.75 Å². The summed E-state index contributed by atoms with van der Waals surface area (Å²) in [6, 6.07) is 9.50. The number of nitrogens with zero attached hydrogens (tertiary/aromatic N) is 1. The summed E-state index contributed by atoms with van der Waals surface area (Å²) in [5.41, 5.74) is 5.87. The molecule has 0 bridgehead atoms. The summed E-state index contributed by atoms with van der Waals surface area (Å²) in [6.07, 6.45) is -0.117. The topological polar surface area (TPSA) is 77.2 Å². The highest BCUT2D eigenvalue weighted by Crippen LogP contribution is 2.11. The third kappa shape index (κ3) is 4.04. The molecular formula is C14H17N3O2S. The summed E-state index contributed by atoms with van der Waals surface area (Å²) >= 11 is 1.39. The third-order valence-corrected chi connectivity index (χ3v) is 3.46. The number of carbonyl (C=O) groups excluding carboxylic acids is 1. The number of nitrogens with one attached hydrogen (secondary N) is 1. The van der Waals surface area contributed by atoms with Gasteiger partial charge in [0.05, 0.1) is 6.54 Å². The van der Waals surface area contributed by atoms with Crippen LogP contribution in [0.15, 0.2) is 35.7 Å². The minimum Gasteiger partial charge on any atom is -0.489 e. The predicted molar refractivity (Wildman–Crippen MR) is 78.9 cm³/mol. The van der Waals surface area contributed by atoms with Gasteiger partial charge in [0.25, 0.3) is 5.91 Å². The van der Waals surface area contributed by atoms with E-state index < -0.39 is 0 Å². The van der Waals surface area contributed by atoms with Crippen molar-refractivity contribution in [2.24, 2.45) is 5.73 Å². The Kier molecular flexibility index (Phi) is 5.09. The number of benzene rings is 1. The Bertz CT molecular complexity index is 557. The number of hydrogen-bond acceptors (Lipinski definition) is 5. The molecule has 0 fully saturated rings. The fraction of sp³-hybridized carbons (Fsp3) is 0.286. The fourth-order valence-electron chi connectivity index (χ4n) is 1.61. The molecule has 5 nitrogen and oxygen atoms in total. The maximum Gasteiger partial charge on any atom is 0.270 e. The van der Waals surface area contributed by atoms with Crippen LogP contribution in [0.25, 0.3) is 0 Å². The van der Waals surface area contributed by atoms with E-state index in [2.05, 4.69) is 10.3 Å². The van der Waals surface area contributed by atoms with Crippen molar-refractivity contribution in [2.45, 2.75) is 19.6 Å². The average Bonchev–Trinajstić information content (AvgIpc) is 2.95. The zero-order chi connectivity index (χ0) is 14.4. The molecule has 0 aliphatic carbocycles. The first kappa shape index (κ1) is 14.5. The van der Waals surface area contributed by atoms with E-state index in [1.807, 2.05) is 37.3 Å². The molecule has 0 aliphatic rings. The highest BCUT2D eigenvalue weighted by Gasteiger charge is 2.12. The Balaban J connectivity index is 1.81. The van der Waals surface area contributed by atoms with Gasteiger partial charge in [0.1, 0.15) is 22.6 Å². The van der Waals surface area contributed by atoms with Gasteiger partial charge in [-0.15, -0.1) is 11.3 Å². The van der Waals surface area contributed by atoms with Gasteiger partial charge >= 0.3 is 0 Å². The third-order valence-electron chi connectivity index (χ3n) is 2.59. The first-order chi connectivity index (χ1) is 9.69. The number of hydrogen-bond donors (Lipinski definition) is 2. The normalized spacial score (nSPS) is 11.9. The monoisotopic (exact) mass is 291 g/mol. The second kappa shape index (κ2) is 7.02. The summed E-state index contributed by atoms with van der Waals surface area (Å²) in [5, 5.41) is 5.26. The molecule has 0 aliphatic heterocycles. The molecule has 1 aromatic heterocycles. The van der Waals surface area contributed by atoms with Gasteiger partial charge in [-0.2, -0.15) is 0 Å². The van der Waals surface area contributed by atoms with Gasteiger partial charge in [-0.1, -0.05) is 18.2 Å². The number of aromatic nitrogens is 1. The lowest BCUT2D eigenvalue weighted by molar-refractivity contribution is 0.0928. The Morgan fingerprint density at radius 1 is 1.45 bits per heavy atom. The highest BCUT2D eigenvalue weighted by molar-refractivity contribution is 7.09. The smallest absolute Gasteiger partial charge is 0.270 e. The Hall–Kier alpha value is -1.92. The van der Waals surface area contributed by atoms with Crippen LogP contribution in [-0.4, -0.2) is 23.5 Å². The first-order valence-electron chi connectivity index (χ1n) is 6.33. The Morgan fingerprint density at radius 2 is 2.20 bits per heavy atom. The van der Waals surface area contributed by atoms with Gasteiger partial charge in [0, 0.05) is 11.9 Å². The van der Waals surface area contributed by atoms with Gasteiger partial charge in [-0.05, 0) is 19.1 Å². The van der Waals surface area contributed by atoms with Crippen LogP contribution in [0.4, 0.5) is 0 Å². The Labute approximate surface area is 121 Å². The molecule has 2 rings (SSSR count). The molecule has 1 heterocycles. The number of carbonyl (C=O) groups is 1. The van der Waals surface area contributed by atoms with Crippen LogP contribution in [0.1, 0.15) is 22.4 Å². The van der Waals surface area contributed by atoms with Crippen molar-refractivity contribution in [3.8, 4) is 5.75 Å². The molecule has 20 heavy (non-hydrogen) atoms. The van der Waals surface area contributed by atoms with Crippen molar-refractivity contribution in [1.29, 1.82) is 0 Å². The number of thiazole rings is 1. The van der Waals surface area contributed by atoms with E-state index >= 15 is 0 Å². The van der Waals surface area contributed by atoms with Crippen molar-refractivity contribution in [1.82, 2.24) is 10.3 Å². The minimum atomic E-state index is -0.204. The second-order valence-electron chi connectivity index (χ2n) is 4.28. The number of nitrogens with two attached hydrogens (primary N) is 1. The summed E-state index contributed by atoms with van der Waals surface area (Å²) in [6.45, 7) is 2.67. The molecule has 106 valence electrons. The van der Waals surface area contributed by atoms with Crippen molar-refractivity contribution < 1.29 is 9.53 Å². The van der Waals surface area contributed by atoms with Crippen molar-refractivity contribution in [3.05, 3.63) is 46.4 Å². The van der Waals surface area contributed by atoms with Crippen LogP contribution in [0.3, 0.4) is 0 Å². The van der Waals surface area contributed by atoms with Crippen LogP contribution < -0.4 is 15.8 Å². The molecule has 3 N–H and O–H groups in total. The Morgan fingerprint density at radius 3 is 2.85 bits per heavy atom. The molecule has 1 unspecified atom stereocenters. The van der Waals surface area contributed by atoms with E-state index in [0.29, 0.717) is 18.8 Å². The van der Waals surface area contributed by atoms with E-state index in [1.54, 1.807) is 5.38 Å². The van der Waals surface area contributed by atoms with E-state index in [4.69, 9.17) is 10.5 Å². The minimum absolute atomic E-state index is 0.117. The summed E-state index contributed by atoms with van der Waals surface area (Å²) in [7, 11) is 0. The SMILES string of the molecule is CC(CNC(=O)c1csc(CN)n1)Oc1ccccc1. The molecule has 0 radical (unpaired) electrons. The van der Waals surface area contributed by atoms with E-state index in [1.165, 1.54) is 11.3 Å². The molecular weight excluding hydrogens is 274 g/mol. The molecule has 0 saturated heterocycles. The zero-order valence-electron chi connectivity index (χ0n) is 11.2. The van der Waals surface area contributed by atoms with Gasteiger partial charge in [-0.25, -0.2) is 4.98 Å². The highest BCUT2D eigenvalue weighted by atomic mass is 32.1. The molecule has 0 saturated carbocycles. The lowest BCUT2D eigenvalue weighted by Gasteiger charge is -2.14. The first-order valence-corrected chi connectivity index (χ1v) is 7.21. The lowest BCUT2D eigenvalue weighted by Crippen LogP contribution is -2.33. The predicted octanol–water partition coefficient (Wildman–Crippen LogP) is 1.80. The van der Waals surface area contributed by atoms with Crippen molar-refractivity contribution in [3.63, 3.8) is 0 Å². The van der Waals surface area contributed by atoms with Crippen molar-refractivity contribution in [2.75, 3.05) is 6.54 Å². The number of amides is 1. The maximum absolute atomic E-state index is 11.9. The maximum atomic E-state index is 11.9. The van der Waals surface area contributed by atoms with Gasteiger partial charge in [0.2, 0.25) is 0 Å². The largest absolute Gasteiger partial charge is 0.489 e. The van der Waals surface area contributed by atoms with Crippen LogP contribution in [0, 0.1) is 0 Å². The molecule has 1 amide bonds. The van der Waals surface area contributed by atoms with Gasteiger partial charge < -0.3 is 15.8 Å². The van der Waals surface area contributed by atoms with Crippen molar-refractivity contribution >= 4 is 17.2 Å². The summed E-state index contributed by atoms with van der Waals surface area (Å²) in [5.74, 6) is 0.581. The lowest BCUT2D eigenvalue weighted by atomic mass is 10.3. The zero-order valence-corrected chi connectivity index (χ0v) is 12.0. The summed E-state index contributed by atoms with van der Waals surface area (Å²) in [4.78, 5) is 16.0. The molecule has 1 aromatic carbocycles. The number of rotatable bonds is 6. The number of para-hydroxylation sites is 1. The molecule has 0 spiro atoms. The fourth-order valence-corrected chi connectivity index (χ4v) is 2.26. The number of ether oxygens (including phenoxy) is 1. The van der Waals surface area contributed by atoms with Crippen LogP contribution >= 0.6 is 11.3 Å².